The van der Waals surface area contributed by atoms with Crippen molar-refractivity contribution in [2.45, 2.75) is 0 Å². The van der Waals surface area contributed by atoms with Gasteiger partial charge in [-0.15, -0.1) is 11.3 Å². The Morgan fingerprint density at radius 2 is 0.873 bits per heavy atom. The monoisotopic (exact) mass is 1050 g/mol. The Kier molecular flexibility index (Phi) is 4.83. The first kappa shape index (κ1) is 23.3. The Hall–Kier alpha value is -10.7. The summed E-state index contributed by atoms with van der Waals surface area (Å²) in [5, 5.41) is 9.28. The van der Waals surface area contributed by atoms with E-state index in [1.165, 1.54) is 22.8 Å². The molecule has 0 bridgehead atoms. The van der Waals surface area contributed by atoms with E-state index < -0.39 is 298 Å². The largest absolute Gasteiger partial charge is 0.318 e. The summed E-state index contributed by atoms with van der Waals surface area (Å²) in [5.74, 6) is 0. The highest BCUT2D eigenvalue weighted by Gasteiger charge is 2.35. The van der Waals surface area contributed by atoms with Gasteiger partial charge in [0, 0.05) is 58.6 Å². The van der Waals surface area contributed by atoms with Gasteiger partial charge in [-0.25, -0.2) is 4.85 Å². The van der Waals surface area contributed by atoms with Gasteiger partial charge in [-0.1, -0.05) is 194 Å². The predicted molar refractivity (Wildman–Crippen MR) is 331 cm³/mol. The lowest BCUT2D eigenvalue weighted by Gasteiger charge is -2.27. The zero-order valence-electron chi connectivity index (χ0n) is 70.8. The van der Waals surface area contributed by atoms with Gasteiger partial charge in [-0.2, -0.15) is 5.26 Å². The normalized spacial score (nSPS) is 17.5. The van der Waals surface area contributed by atoms with Crippen LogP contribution in [0.2, 0.25) is 0 Å². The molecule has 0 N–H and O–H groups in total. The van der Waals surface area contributed by atoms with Crippen LogP contribution in [-0.4, -0.2) is 18.3 Å². The van der Waals surface area contributed by atoms with Gasteiger partial charge < -0.3 is 18.3 Å². The lowest BCUT2D eigenvalue weighted by molar-refractivity contribution is 1.03. The summed E-state index contributed by atoms with van der Waals surface area (Å²) in [7, 11) is 0. The van der Waals surface area contributed by atoms with Crippen molar-refractivity contribution in [2.24, 2.45) is 0 Å². The van der Waals surface area contributed by atoms with Gasteiger partial charge in [0.25, 0.3) is 0 Å². The van der Waals surface area contributed by atoms with E-state index >= 15 is 0 Å². The summed E-state index contributed by atoms with van der Waals surface area (Å²) in [6.45, 7) is 10.0. The van der Waals surface area contributed by atoms with Crippen LogP contribution in [0.3, 0.4) is 0 Å². The number of thiophene rings is 1. The number of benzene rings is 12. The van der Waals surface area contributed by atoms with E-state index in [0.717, 1.165) is 25.0 Å². The van der Waals surface area contributed by atoms with Crippen molar-refractivity contribution < 1.29 is 42.5 Å². The Morgan fingerprint density at radius 1 is 0.392 bits per heavy atom. The van der Waals surface area contributed by atoms with Gasteiger partial charge >= 0.3 is 0 Å². The molecule has 0 saturated carbocycles. The van der Waals surface area contributed by atoms with Crippen molar-refractivity contribution in [3.63, 3.8) is 0 Å². The average Bonchev–Trinajstić information content (AvgIpc) is 1.46. The summed E-state index contributed by atoms with van der Waals surface area (Å²) in [6.07, 6.45) is 0. The number of fused-ring (bicyclic) bond motifs is 17. The third-order valence-corrected chi connectivity index (χ3v) is 15.7. The predicted octanol–water partition coefficient (Wildman–Crippen LogP) is 19.7. The molecule has 0 aliphatic rings. The van der Waals surface area contributed by atoms with E-state index in [1.54, 1.807) is 36.4 Å². The SMILES string of the molecule is [2H]c1c([2H])c([2H])c2c(-c3cccc4c3c3ccc5c6ccccc6sc5c3n4-c3c(-n4c5c([2H])c([2H])c([2H])c([2H])c5c5c([2H])c([2H])c([2H])c([2H])c54)c(C#N)c(-n4c5c([2H])c([2H])c([2H])c([2H])c5c5c([2H])c([2H])c([2H])c([2H])c54)c([N+]#[C-])c3-n3c4c([2H])c([2H])c([2H])c([2H])c4c4c([2H])c([2H])c([2H])c([2H])c43)c([2H])c([2H])c([2H])c2c1[2H]. The number of para-hydroxylation sites is 6. The molecule has 0 atom stereocenters. The number of rotatable bonds is 5. The quantitative estimate of drug-likeness (QED) is 0.158. The molecule has 0 fully saturated rings. The zero-order valence-corrected chi connectivity index (χ0v) is 40.6. The smallest absolute Gasteiger partial charge is 0.237 e. The van der Waals surface area contributed by atoms with Crippen LogP contribution in [0.15, 0.2) is 242 Å². The van der Waals surface area contributed by atoms with Crippen molar-refractivity contribution in [1.29, 1.82) is 5.26 Å². The van der Waals surface area contributed by atoms with Crippen molar-refractivity contribution >= 4 is 135 Å². The topological polar surface area (TPSA) is 47.9 Å². The minimum atomic E-state index is -1.06. The van der Waals surface area contributed by atoms with Crippen LogP contribution in [0, 0.1) is 17.9 Å². The van der Waals surface area contributed by atoms with Gasteiger partial charge in [-0.3, -0.25) is 0 Å². The summed E-state index contributed by atoms with van der Waals surface area (Å²) in [4.78, 5) is 4.23. The molecule has 0 aliphatic carbocycles. The van der Waals surface area contributed by atoms with Crippen LogP contribution in [0.4, 0.5) is 5.69 Å². The lowest BCUT2D eigenvalue weighted by atomic mass is 9.94. The first-order chi connectivity index (χ1) is 52.1. The third kappa shape index (κ3) is 5.81. The highest BCUT2D eigenvalue weighted by Crippen LogP contribution is 2.54. The second-order valence-electron chi connectivity index (χ2n) is 18.2. The summed E-state index contributed by atoms with van der Waals surface area (Å²) in [6, 6.07) is -12.7. The zero-order chi connectivity index (χ0) is 79.0. The summed E-state index contributed by atoms with van der Waals surface area (Å²) in [5.41, 5.74) is -11.2. The van der Waals surface area contributed by atoms with Crippen molar-refractivity contribution in [3.8, 4) is 39.9 Å². The minimum absolute atomic E-state index is 0.0449. The maximum Gasteiger partial charge on any atom is 0.237 e. The van der Waals surface area contributed by atoms with Gasteiger partial charge in [0.2, 0.25) is 5.69 Å². The Bertz CT molecular complexity index is 7080. The van der Waals surface area contributed by atoms with Gasteiger partial charge in [0.15, 0.2) is 0 Å². The van der Waals surface area contributed by atoms with E-state index in [9.17, 15) is 48.8 Å². The molecular weight excluding hydrogens is 981 g/mol. The summed E-state index contributed by atoms with van der Waals surface area (Å²) < 4.78 is 300. The lowest BCUT2D eigenvalue weighted by Crippen LogP contribution is -2.14. The van der Waals surface area contributed by atoms with Crippen LogP contribution in [0.25, 0.3) is 157 Å². The molecule has 17 rings (SSSR count). The second kappa shape index (κ2) is 16.4. The summed E-state index contributed by atoms with van der Waals surface area (Å²) >= 11 is 1.12. The Morgan fingerprint density at radius 3 is 1.43 bits per heavy atom. The highest BCUT2D eigenvalue weighted by atomic mass is 32.1. The van der Waals surface area contributed by atoms with E-state index in [1.807, 2.05) is 0 Å². The van der Waals surface area contributed by atoms with Crippen LogP contribution >= 0.6 is 11.3 Å². The molecule has 0 aliphatic heterocycles. The molecule has 79 heavy (non-hydrogen) atoms. The molecule has 0 unspecified atom stereocenters. The van der Waals surface area contributed by atoms with E-state index in [4.69, 9.17) is 5.48 Å². The van der Waals surface area contributed by atoms with Crippen molar-refractivity contribution in [1.82, 2.24) is 18.3 Å². The number of hydrogen-bond donors (Lipinski definition) is 0. The van der Waals surface area contributed by atoms with Crippen LogP contribution in [0.5, 0.6) is 0 Å². The van der Waals surface area contributed by atoms with E-state index in [0.29, 0.717) is 15.5 Å². The molecule has 0 saturated heterocycles. The maximum absolute atomic E-state index is 13.1. The molecule has 5 heterocycles. The highest BCUT2D eigenvalue weighted by molar-refractivity contribution is 7.26. The molecule has 17 aromatic rings. The van der Waals surface area contributed by atoms with Crippen molar-refractivity contribution in [2.75, 3.05) is 0 Å². The first-order valence-electron chi connectivity index (χ1n) is 39.5. The average molecular weight is 1050 g/mol. The number of nitrogens with zero attached hydrogens (tertiary/aromatic N) is 6. The van der Waals surface area contributed by atoms with E-state index in [2.05, 4.69) is 10.9 Å². The fraction of sp³-hybridized carbons (Fsp3) is 0. The second-order valence-corrected chi connectivity index (χ2v) is 19.2. The van der Waals surface area contributed by atoms with Crippen LogP contribution in [0.1, 0.15) is 48.1 Å². The number of hydrogen-bond acceptors (Lipinski definition) is 2. The number of aromatic nitrogens is 4. The van der Waals surface area contributed by atoms with E-state index in [-0.39, 0.29) is 37.6 Å². The fourth-order valence-corrected chi connectivity index (χ4v) is 12.7. The van der Waals surface area contributed by atoms with Gasteiger partial charge in [0.05, 0.1) is 126 Å². The molecule has 6 nitrogen and oxygen atoms in total. The molecular formula is C72H40N6S. The molecule has 7 heteroatoms. The van der Waals surface area contributed by atoms with Crippen molar-refractivity contribution in [3.05, 3.63) is 259 Å². The molecule has 5 aromatic heterocycles. The van der Waals surface area contributed by atoms with Crippen LogP contribution < -0.4 is 0 Å². The number of nitriles is 1. The van der Waals surface area contributed by atoms with Gasteiger partial charge in [0.1, 0.15) is 6.07 Å². The Balaban J connectivity index is 1.32. The maximum atomic E-state index is 13.1. The molecule has 364 valence electrons. The first-order valence-corrected chi connectivity index (χ1v) is 24.8. The van der Waals surface area contributed by atoms with Crippen LogP contribution in [-0.2, 0) is 0 Å². The molecule has 0 spiro atoms. The minimum Gasteiger partial charge on any atom is -0.318 e. The molecule has 0 radical (unpaired) electrons. The fourth-order valence-electron chi connectivity index (χ4n) is 11.5. The molecule has 12 aromatic carbocycles. The third-order valence-electron chi connectivity index (χ3n) is 14.5. The molecule has 0 amide bonds. The van der Waals surface area contributed by atoms with Gasteiger partial charge in [-0.05, 0) is 70.3 Å². The Labute approximate surface area is 499 Å². The standard InChI is InChI=1S/C72H40N6S/c1-74-66-67(75-57-32-11-4-23-46(57)47-24-5-12-33-58(47)75)56(42-73)68(76-59-34-13-6-25-48(59)49-26-7-14-35-60(49)76)71(70(66)77-61-36-15-8-27-50(61)51-28-9-16-37-62(51)77)78-63-38-19-31-53(45-30-18-21-43-20-2-3-22-44(43)45)65(63)55-41-40-54-52-29-10-17-39-64(52)79-72(54)69(55)78/h2-41H/i2D,3D,4D,5D,6D,7D,8D,9D,11D,12D,13D,14D,15D,16D,18D,20D,21D,22D,23D,24D,25D,26D,27D,28D,30D,32D,33D,34D,35D,36D,37D.